The zero-order chi connectivity index (χ0) is 17.7. The molecule has 0 radical (unpaired) electrons. The molecule has 0 saturated carbocycles. The first kappa shape index (κ1) is 18.0. The average Bonchev–Trinajstić information content (AvgIpc) is 2.52. The van der Waals surface area contributed by atoms with E-state index in [0.29, 0.717) is 13.0 Å². The van der Waals surface area contributed by atoms with E-state index in [2.05, 4.69) is 10.3 Å². The predicted octanol–water partition coefficient (Wildman–Crippen LogP) is 2.62. The van der Waals surface area contributed by atoms with E-state index in [1.54, 1.807) is 13.0 Å². The highest BCUT2D eigenvalue weighted by atomic mass is 32.2. The van der Waals surface area contributed by atoms with Gasteiger partial charge in [-0.2, -0.15) is 4.98 Å². The Morgan fingerprint density at radius 2 is 2.17 bits per heavy atom. The van der Waals surface area contributed by atoms with Crippen molar-refractivity contribution in [3.05, 3.63) is 46.5 Å². The van der Waals surface area contributed by atoms with Crippen LogP contribution < -0.4 is 10.9 Å². The summed E-state index contributed by atoms with van der Waals surface area (Å²) in [7, 11) is 0. The fraction of sp³-hybridized carbons (Fsp3) is 0.312. The minimum absolute atomic E-state index is 0.0877. The SMILES string of the molecule is CCCn1c(S[C@H](C)C(=O)Nc2ccccc2F)nc(O)cc1=O. The van der Waals surface area contributed by atoms with Crippen molar-refractivity contribution >= 4 is 23.4 Å². The molecule has 0 aliphatic rings. The number of nitrogens with zero attached hydrogens (tertiary/aromatic N) is 2. The molecule has 1 heterocycles. The number of aromatic nitrogens is 2. The Hall–Kier alpha value is -2.35. The normalized spacial score (nSPS) is 12.0. The molecular formula is C16H18FN3O3S. The van der Waals surface area contributed by atoms with E-state index < -0.39 is 22.9 Å². The third-order valence-corrected chi connectivity index (χ3v) is 4.28. The van der Waals surface area contributed by atoms with Crippen LogP contribution in [-0.4, -0.2) is 25.8 Å². The van der Waals surface area contributed by atoms with Gasteiger partial charge in [0.15, 0.2) is 5.16 Å². The molecule has 0 aliphatic heterocycles. The van der Waals surface area contributed by atoms with E-state index in [9.17, 15) is 19.1 Å². The van der Waals surface area contributed by atoms with E-state index in [4.69, 9.17) is 0 Å². The summed E-state index contributed by atoms with van der Waals surface area (Å²) in [5.41, 5.74) is -0.293. The second-order valence-electron chi connectivity index (χ2n) is 5.12. The van der Waals surface area contributed by atoms with Crippen LogP contribution in [0.1, 0.15) is 20.3 Å². The number of amides is 1. The van der Waals surface area contributed by atoms with Gasteiger partial charge in [-0.3, -0.25) is 14.2 Å². The van der Waals surface area contributed by atoms with Crippen LogP contribution in [0.3, 0.4) is 0 Å². The van der Waals surface area contributed by atoms with Gasteiger partial charge in [0, 0.05) is 6.54 Å². The molecule has 1 aromatic carbocycles. The molecular weight excluding hydrogens is 333 g/mol. The highest BCUT2D eigenvalue weighted by molar-refractivity contribution is 8.00. The zero-order valence-corrected chi connectivity index (χ0v) is 14.1. The maximum atomic E-state index is 13.6. The topological polar surface area (TPSA) is 84.2 Å². The van der Waals surface area contributed by atoms with Gasteiger partial charge in [-0.15, -0.1) is 0 Å². The molecule has 2 rings (SSSR count). The summed E-state index contributed by atoms with van der Waals surface area (Å²) in [4.78, 5) is 28.1. The van der Waals surface area contributed by atoms with Crippen molar-refractivity contribution in [1.29, 1.82) is 0 Å². The van der Waals surface area contributed by atoms with Crippen molar-refractivity contribution in [2.45, 2.75) is 37.2 Å². The first-order valence-corrected chi connectivity index (χ1v) is 8.33. The first-order valence-electron chi connectivity index (χ1n) is 7.45. The standard InChI is InChI=1S/C16H18FN3O3S/c1-3-8-20-14(22)9-13(21)19-16(20)24-10(2)15(23)18-12-7-5-4-6-11(12)17/h4-7,9-10,21H,3,8H2,1-2H3,(H,18,23)/t10-/m1/s1. The number of para-hydroxylation sites is 1. The van der Waals surface area contributed by atoms with Gasteiger partial charge < -0.3 is 10.4 Å². The quantitative estimate of drug-likeness (QED) is 0.617. The molecule has 1 amide bonds. The summed E-state index contributed by atoms with van der Waals surface area (Å²) in [6.45, 7) is 3.95. The van der Waals surface area contributed by atoms with E-state index >= 15 is 0 Å². The molecule has 24 heavy (non-hydrogen) atoms. The Kier molecular flexibility index (Phi) is 5.97. The number of benzene rings is 1. The van der Waals surface area contributed by atoms with Crippen LogP contribution in [0.2, 0.25) is 0 Å². The molecule has 128 valence electrons. The number of halogens is 1. The third-order valence-electron chi connectivity index (χ3n) is 3.19. The summed E-state index contributed by atoms with van der Waals surface area (Å²) in [5, 5.41) is 11.6. The van der Waals surface area contributed by atoms with Crippen molar-refractivity contribution in [3.8, 4) is 5.88 Å². The minimum Gasteiger partial charge on any atom is -0.493 e. The number of hydrogen-bond acceptors (Lipinski definition) is 5. The van der Waals surface area contributed by atoms with Gasteiger partial charge in [0.2, 0.25) is 11.8 Å². The molecule has 0 unspecified atom stereocenters. The maximum Gasteiger partial charge on any atom is 0.257 e. The van der Waals surface area contributed by atoms with Crippen LogP contribution >= 0.6 is 11.8 Å². The van der Waals surface area contributed by atoms with Gasteiger partial charge in [0.05, 0.1) is 17.0 Å². The van der Waals surface area contributed by atoms with Crippen molar-refractivity contribution in [2.75, 3.05) is 5.32 Å². The smallest absolute Gasteiger partial charge is 0.257 e. The first-order chi connectivity index (χ1) is 11.4. The summed E-state index contributed by atoms with van der Waals surface area (Å²) < 4.78 is 15.0. The lowest BCUT2D eigenvalue weighted by Crippen LogP contribution is -2.26. The number of anilines is 1. The average molecular weight is 351 g/mol. The third kappa shape index (κ3) is 4.35. The number of thioether (sulfide) groups is 1. The van der Waals surface area contributed by atoms with Crippen molar-refractivity contribution in [1.82, 2.24) is 9.55 Å². The second kappa shape index (κ2) is 7.96. The lowest BCUT2D eigenvalue weighted by atomic mass is 10.3. The Bertz CT molecular complexity index is 794. The lowest BCUT2D eigenvalue weighted by Gasteiger charge is -2.15. The van der Waals surface area contributed by atoms with Crippen LogP contribution in [0.5, 0.6) is 5.88 Å². The highest BCUT2D eigenvalue weighted by Gasteiger charge is 2.19. The monoisotopic (exact) mass is 351 g/mol. The fourth-order valence-electron chi connectivity index (χ4n) is 2.00. The number of aromatic hydroxyl groups is 1. The largest absolute Gasteiger partial charge is 0.493 e. The Labute approximate surface area is 142 Å². The van der Waals surface area contributed by atoms with E-state index in [-0.39, 0.29) is 16.4 Å². The lowest BCUT2D eigenvalue weighted by molar-refractivity contribution is -0.115. The molecule has 8 heteroatoms. The molecule has 0 aliphatic carbocycles. The summed E-state index contributed by atoms with van der Waals surface area (Å²) in [6.07, 6.45) is 0.704. The Balaban J connectivity index is 2.17. The number of carbonyl (C=O) groups excluding carboxylic acids is 1. The molecule has 6 nitrogen and oxygen atoms in total. The van der Waals surface area contributed by atoms with Gasteiger partial charge in [0.1, 0.15) is 5.82 Å². The van der Waals surface area contributed by atoms with E-state index in [0.717, 1.165) is 17.8 Å². The van der Waals surface area contributed by atoms with Crippen molar-refractivity contribution in [3.63, 3.8) is 0 Å². The number of rotatable bonds is 6. The zero-order valence-electron chi connectivity index (χ0n) is 13.3. The molecule has 0 spiro atoms. The van der Waals surface area contributed by atoms with E-state index in [1.807, 2.05) is 6.92 Å². The summed E-state index contributed by atoms with van der Waals surface area (Å²) >= 11 is 1.03. The summed E-state index contributed by atoms with van der Waals surface area (Å²) in [6, 6.07) is 6.90. The molecule has 1 atom stereocenters. The molecule has 0 bridgehead atoms. The van der Waals surface area contributed by atoms with Crippen molar-refractivity contribution < 1.29 is 14.3 Å². The second-order valence-corrected chi connectivity index (χ2v) is 6.42. The molecule has 0 fully saturated rings. The fourth-order valence-corrected chi connectivity index (χ4v) is 2.94. The number of hydrogen-bond donors (Lipinski definition) is 2. The van der Waals surface area contributed by atoms with Gasteiger partial charge >= 0.3 is 0 Å². The van der Waals surface area contributed by atoms with Crippen LogP contribution in [0.15, 0.2) is 40.3 Å². The van der Waals surface area contributed by atoms with Crippen LogP contribution in [-0.2, 0) is 11.3 Å². The van der Waals surface area contributed by atoms with Crippen LogP contribution in [0, 0.1) is 5.82 Å². The van der Waals surface area contributed by atoms with Gasteiger partial charge in [-0.25, -0.2) is 4.39 Å². The molecule has 0 saturated heterocycles. The molecule has 1 aromatic heterocycles. The highest BCUT2D eigenvalue weighted by Crippen LogP contribution is 2.24. The van der Waals surface area contributed by atoms with Gasteiger partial charge in [0.25, 0.3) is 5.56 Å². The van der Waals surface area contributed by atoms with Crippen LogP contribution in [0.25, 0.3) is 0 Å². The van der Waals surface area contributed by atoms with E-state index in [1.165, 1.54) is 22.8 Å². The van der Waals surface area contributed by atoms with Crippen molar-refractivity contribution in [2.24, 2.45) is 0 Å². The predicted molar refractivity (Wildman–Crippen MR) is 90.8 cm³/mol. The van der Waals surface area contributed by atoms with Gasteiger partial charge in [-0.05, 0) is 25.5 Å². The number of carbonyl (C=O) groups is 1. The van der Waals surface area contributed by atoms with Crippen LogP contribution in [0.4, 0.5) is 10.1 Å². The number of nitrogens with one attached hydrogen (secondary N) is 1. The van der Waals surface area contributed by atoms with Gasteiger partial charge in [-0.1, -0.05) is 30.8 Å². The minimum atomic E-state index is -0.638. The Morgan fingerprint density at radius 3 is 2.83 bits per heavy atom. The Morgan fingerprint density at radius 1 is 1.46 bits per heavy atom. The summed E-state index contributed by atoms with van der Waals surface area (Å²) in [5.74, 6) is -1.34. The molecule has 2 N–H and O–H groups in total. The maximum absolute atomic E-state index is 13.6. The molecule has 2 aromatic rings.